The van der Waals surface area contributed by atoms with Crippen molar-refractivity contribution in [3.8, 4) is 0 Å². The van der Waals surface area contributed by atoms with Crippen LogP contribution in [0, 0.1) is 5.92 Å². The van der Waals surface area contributed by atoms with Gasteiger partial charge >= 0.3 is 0 Å². The van der Waals surface area contributed by atoms with Gasteiger partial charge in [0, 0.05) is 18.5 Å². The summed E-state index contributed by atoms with van der Waals surface area (Å²) in [5, 5.41) is 0.969. The van der Waals surface area contributed by atoms with E-state index in [4.69, 9.17) is 9.15 Å². The second-order valence-electron chi connectivity index (χ2n) is 5.83. The van der Waals surface area contributed by atoms with Gasteiger partial charge in [-0.2, -0.15) is 0 Å². The highest BCUT2D eigenvalue weighted by Gasteiger charge is 2.21. The lowest BCUT2D eigenvalue weighted by Gasteiger charge is -2.14. The van der Waals surface area contributed by atoms with E-state index >= 15 is 0 Å². The molecule has 1 aromatic heterocycles. The van der Waals surface area contributed by atoms with E-state index in [0.717, 1.165) is 30.0 Å². The molecule has 1 heterocycles. The molecule has 1 saturated carbocycles. The summed E-state index contributed by atoms with van der Waals surface area (Å²) in [5.74, 6) is 1.23. The Morgan fingerprint density at radius 2 is 2.19 bits per heavy atom. The molecule has 112 valence electrons. The number of carbonyl (C=O) groups is 1. The third-order valence-electron chi connectivity index (χ3n) is 3.78. The summed E-state index contributed by atoms with van der Waals surface area (Å²) >= 11 is 0. The molecule has 3 rings (SSSR count). The van der Waals surface area contributed by atoms with Crippen molar-refractivity contribution < 1.29 is 13.9 Å². The number of carbonyl (C=O) groups excluding carboxylic acids is 1. The number of hydrogen-bond donors (Lipinski definition) is 0. The zero-order valence-corrected chi connectivity index (χ0v) is 12.4. The zero-order chi connectivity index (χ0) is 14.7. The highest BCUT2D eigenvalue weighted by atomic mass is 16.5. The van der Waals surface area contributed by atoms with Crippen LogP contribution >= 0.6 is 0 Å². The second-order valence-corrected chi connectivity index (χ2v) is 5.83. The molecule has 21 heavy (non-hydrogen) atoms. The number of hydrogen-bond acceptors (Lipinski definition) is 4. The fourth-order valence-corrected chi connectivity index (χ4v) is 2.28. The van der Waals surface area contributed by atoms with Gasteiger partial charge in [0.15, 0.2) is 5.76 Å². The van der Waals surface area contributed by atoms with Crippen LogP contribution in [-0.2, 0) is 4.74 Å². The lowest BCUT2D eigenvalue weighted by atomic mass is 10.2. The van der Waals surface area contributed by atoms with Gasteiger partial charge in [-0.15, -0.1) is 0 Å². The second kappa shape index (κ2) is 6.41. The van der Waals surface area contributed by atoms with Crippen LogP contribution in [0.15, 0.2) is 34.7 Å². The topological polar surface area (TPSA) is 42.7 Å². The summed E-state index contributed by atoms with van der Waals surface area (Å²) in [6.07, 6.45) is 2.61. The molecule has 1 fully saturated rings. The van der Waals surface area contributed by atoms with E-state index in [9.17, 15) is 4.79 Å². The van der Waals surface area contributed by atoms with Gasteiger partial charge in [-0.05, 0) is 37.9 Å². The molecule has 0 unspecified atom stereocenters. The molecule has 1 aliphatic carbocycles. The van der Waals surface area contributed by atoms with Gasteiger partial charge in [0.25, 0.3) is 0 Å². The Labute approximate surface area is 124 Å². The number of ketones is 1. The van der Waals surface area contributed by atoms with E-state index in [0.29, 0.717) is 18.9 Å². The van der Waals surface area contributed by atoms with Crippen LogP contribution in [0.1, 0.15) is 23.4 Å². The molecule has 4 heteroatoms. The lowest BCUT2D eigenvalue weighted by Crippen LogP contribution is -2.29. The van der Waals surface area contributed by atoms with E-state index in [1.165, 1.54) is 12.8 Å². The van der Waals surface area contributed by atoms with Crippen molar-refractivity contribution in [3.05, 3.63) is 36.1 Å². The number of rotatable bonds is 8. The predicted octanol–water partition coefficient (Wildman–Crippen LogP) is 2.97. The first kappa shape index (κ1) is 14.3. The summed E-state index contributed by atoms with van der Waals surface area (Å²) in [7, 11) is 1.93. The number of nitrogens with zero attached hydrogens (tertiary/aromatic N) is 1. The Morgan fingerprint density at radius 1 is 1.38 bits per heavy atom. The van der Waals surface area contributed by atoms with Crippen LogP contribution in [0.3, 0.4) is 0 Å². The van der Waals surface area contributed by atoms with Crippen LogP contribution in [0.4, 0.5) is 0 Å². The van der Waals surface area contributed by atoms with Crippen molar-refractivity contribution in [1.29, 1.82) is 0 Å². The maximum atomic E-state index is 12.2. The zero-order valence-electron chi connectivity index (χ0n) is 12.4. The van der Waals surface area contributed by atoms with Crippen molar-refractivity contribution in [1.82, 2.24) is 4.90 Å². The molecule has 0 amide bonds. The molecule has 2 aromatic rings. The van der Waals surface area contributed by atoms with Crippen molar-refractivity contribution in [3.63, 3.8) is 0 Å². The molecule has 0 spiro atoms. The van der Waals surface area contributed by atoms with Crippen LogP contribution in [0.5, 0.6) is 0 Å². The van der Waals surface area contributed by atoms with Crippen LogP contribution in [0.2, 0.25) is 0 Å². The highest BCUT2D eigenvalue weighted by Crippen LogP contribution is 2.28. The molecular weight excluding hydrogens is 266 g/mol. The summed E-state index contributed by atoms with van der Waals surface area (Å²) in [4.78, 5) is 14.2. The quantitative estimate of drug-likeness (QED) is 0.553. The number of para-hydroxylation sites is 1. The van der Waals surface area contributed by atoms with E-state index < -0.39 is 0 Å². The first-order chi connectivity index (χ1) is 10.2. The molecule has 0 atom stereocenters. The van der Waals surface area contributed by atoms with Gasteiger partial charge < -0.3 is 9.15 Å². The van der Waals surface area contributed by atoms with Gasteiger partial charge in [-0.1, -0.05) is 18.2 Å². The standard InChI is InChI=1S/C17H21NO3/c1-18(8-9-20-12-13-6-7-13)11-15(19)17-10-14-4-2-3-5-16(14)21-17/h2-5,10,13H,6-9,11-12H2,1H3. The van der Waals surface area contributed by atoms with Gasteiger partial charge in [0.2, 0.25) is 5.78 Å². The maximum Gasteiger partial charge on any atom is 0.211 e. The van der Waals surface area contributed by atoms with Gasteiger partial charge in [0.05, 0.1) is 13.2 Å². The fourth-order valence-electron chi connectivity index (χ4n) is 2.28. The van der Waals surface area contributed by atoms with Crippen molar-refractivity contribution in [2.24, 2.45) is 5.92 Å². The van der Waals surface area contributed by atoms with Gasteiger partial charge in [0.1, 0.15) is 5.58 Å². The van der Waals surface area contributed by atoms with E-state index in [1.807, 2.05) is 42.3 Å². The highest BCUT2D eigenvalue weighted by molar-refractivity contribution is 5.98. The SMILES string of the molecule is CN(CCOCC1CC1)CC(=O)c1cc2ccccc2o1. The molecule has 1 aromatic carbocycles. The molecule has 1 aliphatic rings. The Bertz CT molecular complexity index is 582. The molecule has 0 N–H and O–H groups in total. The van der Waals surface area contributed by atoms with E-state index in [2.05, 4.69) is 0 Å². The fraction of sp³-hybridized carbons (Fsp3) is 0.471. The average molecular weight is 287 g/mol. The third-order valence-corrected chi connectivity index (χ3v) is 3.78. The normalized spacial score (nSPS) is 15.0. The minimum Gasteiger partial charge on any atom is -0.453 e. The predicted molar refractivity (Wildman–Crippen MR) is 81.6 cm³/mol. The van der Waals surface area contributed by atoms with Crippen LogP contribution < -0.4 is 0 Å². The number of furan rings is 1. The van der Waals surface area contributed by atoms with E-state index in [1.54, 1.807) is 0 Å². The largest absolute Gasteiger partial charge is 0.453 e. The Kier molecular flexibility index (Phi) is 4.36. The number of benzene rings is 1. The maximum absolute atomic E-state index is 12.2. The Morgan fingerprint density at radius 3 is 2.95 bits per heavy atom. The molecular formula is C17H21NO3. The minimum absolute atomic E-state index is 0.0101. The Balaban J connectivity index is 1.47. The summed E-state index contributed by atoms with van der Waals surface area (Å²) in [6, 6.07) is 9.49. The van der Waals surface area contributed by atoms with Crippen LogP contribution in [-0.4, -0.2) is 44.0 Å². The monoisotopic (exact) mass is 287 g/mol. The molecule has 0 saturated heterocycles. The summed E-state index contributed by atoms with van der Waals surface area (Å²) < 4.78 is 11.2. The summed E-state index contributed by atoms with van der Waals surface area (Å²) in [6.45, 7) is 2.66. The average Bonchev–Trinajstić information content (AvgIpc) is 3.19. The number of ether oxygens (including phenoxy) is 1. The minimum atomic E-state index is 0.0101. The molecule has 0 bridgehead atoms. The Hall–Kier alpha value is -1.65. The number of likely N-dealkylation sites (N-methyl/N-ethyl adjacent to an activating group) is 1. The van der Waals surface area contributed by atoms with Crippen molar-refractivity contribution in [2.75, 3.05) is 33.4 Å². The summed E-state index contributed by atoms with van der Waals surface area (Å²) in [5.41, 5.74) is 0.760. The molecule has 0 radical (unpaired) electrons. The smallest absolute Gasteiger partial charge is 0.211 e. The number of Topliss-reactive ketones (excluding diaryl/α,β-unsaturated/α-hetero) is 1. The third kappa shape index (κ3) is 3.93. The first-order valence-electron chi connectivity index (χ1n) is 7.50. The van der Waals surface area contributed by atoms with Crippen molar-refractivity contribution in [2.45, 2.75) is 12.8 Å². The van der Waals surface area contributed by atoms with Crippen molar-refractivity contribution >= 4 is 16.8 Å². The lowest BCUT2D eigenvalue weighted by molar-refractivity contribution is 0.0841. The van der Waals surface area contributed by atoms with Crippen LogP contribution in [0.25, 0.3) is 11.0 Å². The van der Waals surface area contributed by atoms with E-state index in [-0.39, 0.29) is 5.78 Å². The van der Waals surface area contributed by atoms with Gasteiger partial charge in [-0.25, -0.2) is 0 Å². The van der Waals surface area contributed by atoms with Gasteiger partial charge in [-0.3, -0.25) is 9.69 Å². The molecule has 4 nitrogen and oxygen atoms in total. The molecule has 0 aliphatic heterocycles. The first-order valence-corrected chi connectivity index (χ1v) is 7.50. The number of fused-ring (bicyclic) bond motifs is 1.